The molecule has 1 aromatic heterocycles. The van der Waals surface area contributed by atoms with E-state index in [4.69, 9.17) is 4.42 Å². The molecule has 3 heterocycles. The summed E-state index contributed by atoms with van der Waals surface area (Å²) in [7, 11) is 0. The topological polar surface area (TPSA) is 53.8 Å². The van der Waals surface area contributed by atoms with Gasteiger partial charge in [-0.1, -0.05) is 28.8 Å². The highest BCUT2D eigenvalue weighted by Crippen LogP contribution is 2.30. The number of fused-ring (bicyclic) bond motifs is 1. The van der Waals surface area contributed by atoms with E-state index in [9.17, 15) is 9.59 Å². The molecular formula is C22H27BrN2O3. The summed E-state index contributed by atoms with van der Waals surface area (Å²) < 4.78 is 6.83. The third kappa shape index (κ3) is 3.84. The van der Waals surface area contributed by atoms with E-state index in [2.05, 4.69) is 20.8 Å². The number of benzene rings is 1. The zero-order valence-electron chi connectivity index (χ0n) is 16.4. The molecule has 0 atom stereocenters. The van der Waals surface area contributed by atoms with Crippen molar-refractivity contribution in [1.29, 1.82) is 0 Å². The van der Waals surface area contributed by atoms with Crippen molar-refractivity contribution < 1.29 is 14.0 Å². The molecule has 2 fully saturated rings. The van der Waals surface area contributed by atoms with Crippen molar-refractivity contribution in [2.24, 2.45) is 5.92 Å². The van der Waals surface area contributed by atoms with Crippen LogP contribution in [0.15, 0.2) is 27.1 Å². The molecule has 0 aliphatic carbocycles. The first-order valence-corrected chi connectivity index (χ1v) is 11.1. The lowest BCUT2D eigenvalue weighted by Gasteiger charge is -2.33. The first kappa shape index (κ1) is 19.5. The van der Waals surface area contributed by atoms with Gasteiger partial charge in [0.15, 0.2) is 5.76 Å². The molecule has 0 N–H and O–H groups in total. The lowest BCUT2D eigenvalue weighted by atomic mass is 9.94. The van der Waals surface area contributed by atoms with Crippen LogP contribution in [0.5, 0.6) is 0 Å². The highest BCUT2D eigenvalue weighted by Gasteiger charge is 2.32. The minimum atomic E-state index is -0.0644. The van der Waals surface area contributed by atoms with Gasteiger partial charge in [-0.15, -0.1) is 0 Å². The molecule has 2 aliphatic heterocycles. The van der Waals surface area contributed by atoms with Crippen molar-refractivity contribution in [3.05, 3.63) is 34.0 Å². The van der Waals surface area contributed by atoms with Crippen molar-refractivity contribution >= 4 is 38.7 Å². The Morgan fingerprint density at radius 1 is 1.00 bits per heavy atom. The Balaban J connectivity index is 1.41. The summed E-state index contributed by atoms with van der Waals surface area (Å²) in [6, 6.07) is 5.78. The van der Waals surface area contributed by atoms with Crippen LogP contribution in [0.2, 0.25) is 0 Å². The Labute approximate surface area is 174 Å². The van der Waals surface area contributed by atoms with Gasteiger partial charge >= 0.3 is 0 Å². The molecule has 0 bridgehead atoms. The zero-order valence-corrected chi connectivity index (χ0v) is 18.0. The molecule has 0 saturated carbocycles. The lowest BCUT2D eigenvalue weighted by Crippen LogP contribution is -2.44. The Kier molecular flexibility index (Phi) is 5.76. The molecular weight excluding hydrogens is 420 g/mol. The monoisotopic (exact) mass is 446 g/mol. The van der Waals surface area contributed by atoms with Gasteiger partial charge in [-0.05, 0) is 50.8 Å². The van der Waals surface area contributed by atoms with E-state index in [0.29, 0.717) is 24.8 Å². The van der Waals surface area contributed by atoms with Gasteiger partial charge in [0.2, 0.25) is 5.91 Å². The number of carbonyl (C=O) groups excluding carboxylic acids is 2. The van der Waals surface area contributed by atoms with E-state index in [-0.39, 0.29) is 11.8 Å². The largest absolute Gasteiger partial charge is 0.451 e. The summed E-state index contributed by atoms with van der Waals surface area (Å²) in [6.07, 6.45) is 6.17. The van der Waals surface area contributed by atoms with E-state index in [0.717, 1.165) is 59.8 Å². The van der Waals surface area contributed by atoms with Crippen LogP contribution in [-0.2, 0) is 4.79 Å². The van der Waals surface area contributed by atoms with Gasteiger partial charge in [-0.2, -0.15) is 0 Å². The maximum absolute atomic E-state index is 13.0. The predicted molar refractivity (Wildman–Crippen MR) is 112 cm³/mol. The standard InChI is InChI=1S/C22H27BrN2O3/c1-15-18-14-17(23)6-7-19(18)28-20(15)22(27)25-12-8-16(9-13-25)21(26)24-10-4-2-3-5-11-24/h6-7,14,16H,2-5,8-13H2,1H3. The number of rotatable bonds is 2. The van der Waals surface area contributed by atoms with Crippen molar-refractivity contribution in [2.45, 2.75) is 45.4 Å². The van der Waals surface area contributed by atoms with Gasteiger partial charge in [-0.25, -0.2) is 0 Å². The molecule has 28 heavy (non-hydrogen) atoms. The van der Waals surface area contributed by atoms with E-state index < -0.39 is 0 Å². The van der Waals surface area contributed by atoms with E-state index >= 15 is 0 Å². The summed E-state index contributed by atoms with van der Waals surface area (Å²) >= 11 is 3.47. The van der Waals surface area contributed by atoms with Crippen LogP contribution in [0.3, 0.4) is 0 Å². The fourth-order valence-electron chi connectivity index (χ4n) is 4.42. The zero-order chi connectivity index (χ0) is 19.7. The van der Waals surface area contributed by atoms with Gasteiger partial charge in [0, 0.05) is 47.5 Å². The van der Waals surface area contributed by atoms with E-state index in [1.54, 1.807) is 0 Å². The van der Waals surface area contributed by atoms with Crippen LogP contribution in [0.25, 0.3) is 11.0 Å². The quantitative estimate of drug-likeness (QED) is 0.667. The van der Waals surface area contributed by atoms with Crippen molar-refractivity contribution in [3.63, 3.8) is 0 Å². The summed E-state index contributed by atoms with van der Waals surface area (Å²) in [6.45, 7) is 4.95. The number of amides is 2. The summed E-state index contributed by atoms with van der Waals surface area (Å²) in [5.41, 5.74) is 1.61. The minimum absolute atomic E-state index is 0.0508. The van der Waals surface area contributed by atoms with E-state index in [1.165, 1.54) is 12.8 Å². The number of halogens is 1. The van der Waals surface area contributed by atoms with Crippen LogP contribution in [0.1, 0.15) is 54.6 Å². The maximum atomic E-state index is 13.0. The number of nitrogens with zero attached hydrogens (tertiary/aromatic N) is 2. The maximum Gasteiger partial charge on any atom is 0.289 e. The van der Waals surface area contributed by atoms with E-state index in [1.807, 2.05) is 30.0 Å². The number of furan rings is 1. The number of hydrogen-bond acceptors (Lipinski definition) is 3. The predicted octanol–water partition coefficient (Wildman–Crippen LogP) is 4.76. The molecule has 0 radical (unpaired) electrons. The number of piperidine rings is 1. The fraction of sp³-hybridized carbons (Fsp3) is 0.545. The van der Waals surface area contributed by atoms with Crippen LogP contribution < -0.4 is 0 Å². The molecule has 2 aromatic rings. The lowest BCUT2D eigenvalue weighted by molar-refractivity contribution is -0.136. The Hall–Kier alpha value is -1.82. The highest BCUT2D eigenvalue weighted by molar-refractivity contribution is 9.10. The van der Waals surface area contributed by atoms with Crippen LogP contribution in [-0.4, -0.2) is 47.8 Å². The molecule has 2 aliphatic rings. The van der Waals surface area contributed by atoms with Crippen LogP contribution >= 0.6 is 15.9 Å². The minimum Gasteiger partial charge on any atom is -0.451 e. The van der Waals surface area contributed by atoms with Crippen LogP contribution in [0.4, 0.5) is 0 Å². The fourth-order valence-corrected chi connectivity index (χ4v) is 4.78. The number of likely N-dealkylation sites (tertiary alicyclic amines) is 2. The average molecular weight is 447 g/mol. The highest BCUT2D eigenvalue weighted by atomic mass is 79.9. The molecule has 150 valence electrons. The van der Waals surface area contributed by atoms with Gasteiger partial charge in [-0.3, -0.25) is 9.59 Å². The second-order valence-corrected chi connectivity index (χ2v) is 8.92. The van der Waals surface area contributed by atoms with Gasteiger partial charge in [0.25, 0.3) is 5.91 Å². The molecule has 0 unspecified atom stereocenters. The Bertz CT molecular complexity index is 875. The molecule has 5 nitrogen and oxygen atoms in total. The smallest absolute Gasteiger partial charge is 0.289 e. The van der Waals surface area contributed by atoms with Crippen molar-refractivity contribution in [3.8, 4) is 0 Å². The molecule has 2 amide bonds. The summed E-state index contributed by atoms with van der Waals surface area (Å²) in [4.78, 5) is 29.8. The molecule has 2 saturated heterocycles. The van der Waals surface area contributed by atoms with Crippen molar-refractivity contribution in [1.82, 2.24) is 9.80 Å². The first-order chi connectivity index (χ1) is 13.5. The van der Waals surface area contributed by atoms with Crippen molar-refractivity contribution in [2.75, 3.05) is 26.2 Å². The second-order valence-electron chi connectivity index (χ2n) is 8.00. The molecule has 4 rings (SSSR count). The summed E-state index contributed by atoms with van der Waals surface area (Å²) in [5.74, 6) is 0.699. The molecule has 6 heteroatoms. The number of carbonyl (C=O) groups is 2. The second kappa shape index (κ2) is 8.27. The Morgan fingerprint density at radius 3 is 2.36 bits per heavy atom. The average Bonchev–Trinajstić information content (AvgIpc) is 2.89. The molecule has 1 aromatic carbocycles. The first-order valence-electron chi connectivity index (χ1n) is 10.3. The third-order valence-electron chi connectivity index (χ3n) is 6.14. The normalized spacial score (nSPS) is 19.1. The van der Waals surface area contributed by atoms with Crippen LogP contribution in [0, 0.1) is 12.8 Å². The van der Waals surface area contributed by atoms with Gasteiger partial charge < -0.3 is 14.2 Å². The number of hydrogen-bond donors (Lipinski definition) is 0. The third-order valence-corrected chi connectivity index (χ3v) is 6.63. The SMILES string of the molecule is Cc1c(C(=O)N2CCC(C(=O)N3CCCCCC3)CC2)oc2ccc(Br)cc12. The molecule has 0 spiro atoms. The summed E-state index contributed by atoms with van der Waals surface area (Å²) in [5, 5.41) is 0.962. The number of aryl methyl sites for hydroxylation is 1. The van der Waals surface area contributed by atoms with Gasteiger partial charge in [0.05, 0.1) is 0 Å². The van der Waals surface area contributed by atoms with Gasteiger partial charge in [0.1, 0.15) is 5.58 Å². The Morgan fingerprint density at radius 2 is 1.68 bits per heavy atom.